The Labute approximate surface area is 398 Å². The van der Waals surface area contributed by atoms with Gasteiger partial charge >= 0.3 is 0 Å². The minimum Gasteiger partial charge on any atom is -0.343 e. The Hall–Kier alpha value is -3.27. The molecule has 2 aromatic carbocycles. The molecule has 3 saturated carbocycles. The molecule has 2 heterocycles. The number of rotatable bonds is 11. The molecule has 0 bridgehead atoms. The van der Waals surface area contributed by atoms with E-state index in [0.29, 0.717) is 29.6 Å². The molecule has 7 rings (SSSR count). The van der Waals surface area contributed by atoms with Gasteiger partial charge in [0.1, 0.15) is 9.79 Å². The first-order chi connectivity index (χ1) is 30.3. The van der Waals surface area contributed by atoms with Crippen molar-refractivity contribution in [3.63, 3.8) is 0 Å². The summed E-state index contributed by atoms with van der Waals surface area (Å²) < 4.78 is 83.0. The Bertz CT molecular complexity index is 2720. The summed E-state index contributed by atoms with van der Waals surface area (Å²) in [6.45, 7) is 25.7. The molecule has 0 saturated heterocycles. The quantitative estimate of drug-likeness (QED) is 0.135. The Kier molecular flexibility index (Phi) is 14.9. The zero-order chi connectivity index (χ0) is 49.0. The molecule has 3 fully saturated rings. The van der Waals surface area contributed by atoms with Crippen LogP contribution in [0.25, 0.3) is 22.5 Å². The average Bonchev–Trinajstić information content (AvgIpc) is 3.75. The highest BCUT2D eigenvalue weighted by Gasteiger charge is 2.40. The fourth-order valence-corrected chi connectivity index (χ4v) is 13.4. The molecule has 11 nitrogen and oxygen atoms in total. The first-order valence-electron chi connectivity index (χ1n) is 24.1. The van der Waals surface area contributed by atoms with Crippen molar-refractivity contribution in [1.29, 1.82) is 0 Å². The second-order valence-electron chi connectivity index (χ2n) is 23.2. The average molecular weight is 966 g/mol. The summed E-state index contributed by atoms with van der Waals surface area (Å²) in [5.74, 6) is 1.07. The van der Waals surface area contributed by atoms with Crippen molar-refractivity contribution in [1.82, 2.24) is 13.9 Å². The predicted molar refractivity (Wildman–Crippen MR) is 269 cm³/mol. The van der Waals surface area contributed by atoms with E-state index in [2.05, 4.69) is 59.8 Å². The molecule has 3 aliphatic rings. The maximum atomic E-state index is 13.3. The van der Waals surface area contributed by atoms with Crippen molar-refractivity contribution in [2.75, 3.05) is 0 Å². The van der Waals surface area contributed by atoms with Crippen molar-refractivity contribution in [3.05, 3.63) is 76.6 Å². The van der Waals surface area contributed by atoms with E-state index in [9.17, 15) is 25.3 Å². The van der Waals surface area contributed by atoms with Crippen LogP contribution in [0.4, 0.5) is 0 Å². The van der Waals surface area contributed by atoms with E-state index in [0.717, 1.165) is 47.6 Å². The Morgan fingerprint density at radius 2 is 1.05 bits per heavy atom. The SMILES string of the molecule is Cc1c(S(N)(=O)=O)cc(-c2cc(C(C)(C)C)cc(C3(C)CC3)c2)n1CC1CCCCC1.Cc1c(S(N)(=O)=O)cc(-c2ccc(S(=O)(=O)NC(C)(C)C)c(C(C)(C)C)c2)n1CC1CCCCC1. The smallest absolute Gasteiger partial charge is 0.241 e. The number of nitrogens with two attached hydrogens (primary N) is 2. The number of nitrogens with zero attached hydrogens (tertiary/aromatic N) is 2. The topological polar surface area (TPSA) is 176 Å². The summed E-state index contributed by atoms with van der Waals surface area (Å²) in [4.78, 5) is 0.614. The molecule has 14 heteroatoms. The van der Waals surface area contributed by atoms with Gasteiger partial charge in [-0.3, -0.25) is 0 Å². The molecular weight excluding hydrogens is 887 g/mol. The second-order valence-corrected chi connectivity index (χ2v) is 27.9. The van der Waals surface area contributed by atoms with Gasteiger partial charge in [-0.1, -0.05) is 99.1 Å². The van der Waals surface area contributed by atoms with Crippen LogP contribution >= 0.6 is 0 Å². The summed E-state index contributed by atoms with van der Waals surface area (Å²) in [6.07, 6.45) is 14.5. The predicted octanol–water partition coefficient (Wildman–Crippen LogP) is 11.1. The summed E-state index contributed by atoms with van der Waals surface area (Å²) >= 11 is 0. The van der Waals surface area contributed by atoms with E-state index in [4.69, 9.17) is 10.3 Å². The lowest BCUT2D eigenvalue weighted by atomic mass is 9.82. The maximum absolute atomic E-state index is 13.3. The number of hydrogen-bond donors (Lipinski definition) is 3. The minimum atomic E-state index is -3.90. The fraction of sp³-hybridized carbons (Fsp3) is 0.615. The number of nitrogens with one attached hydrogen (secondary N) is 1. The Balaban J connectivity index is 0.000000220. The van der Waals surface area contributed by atoms with Crippen molar-refractivity contribution >= 4 is 30.1 Å². The van der Waals surface area contributed by atoms with Crippen LogP contribution in [0.15, 0.2) is 63.2 Å². The van der Waals surface area contributed by atoms with Gasteiger partial charge in [0.25, 0.3) is 0 Å². The molecule has 0 atom stereocenters. The van der Waals surface area contributed by atoms with E-state index >= 15 is 0 Å². The van der Waals surface area contributed by atoms with Gasteiger partial charge in [0, 0.05) is 41.4 Å². The highest BCUT2D eigenvalue weighted by Crippen LogP contribution is 2.49. The molecule has 66 heavy (non-hydrogen) atoms. The van der Waals surface area contributed by atoms with E-state index in [1.807, 2.05) is 60.6 Å². The van der Waals surface area contributed by atoms with Gasteiger partial charge in [-0.15, -0.1) is 0 Å². The number of benzene rings is 2. The standard InChI is InChI=1S/C26H41N3O4S2.C26H38N2O2S/c1-18-24(34(27,30)31)16-22(29(18)17-19-11-9-8-10-12-19)20-13-14-23(21(15-20)25(2,3)4)35(32,33)28-26(5,6)7;1-18-24(31(27,29)30)16-23(28(18)17-19-9-7-6-8-10-19)20-13-21(25(2,3)4)15-22(14-20)26(5)11-12-26/h13-16,19,28H,8-12,17H2,1-7H3,(H2,27,30,31);13-16,19H,6-12,17H2,1-5H3,(H2,27,29,30). The van der Waals surface area contributed by atoms with Crippen molar-refractivity contribution in [2.24, 2.45) is 22.1 Å². The third kappa shape index (κ3) is 12.3. The summed E-state index contributed by atoms with van der Waals surface area (Å²) in [6, 6.07) is 15.6. The number of primary sulfonamides is 2. The van der Waals surface area contributed by atoms with Crippen LogP contribution in [0.5, 0.6) is 0 Å². The molecule has 2 aromatic heterocycles. The van der Waals surface area contributed by atoms with Gasteiger partial charge in [-0.25, -0.2) is 40.3 Å². The van der Waals surface area contributed by atoms with Gasteiger partial charge in [0.15, 0.2) is 0 Å². The summed E-state index contributed by atoms with van der Waals surface area (Å²) in [7, 11) is -11.4. The van der Waals surface area contributed by atoms with E-state index in [1.165, 1.54) is 75.3 Å². The molecule has 0 spiro atoms. The van der Waals surface area contributed by atoms with Crippen LogP contribution in [-0.2, 0) is 59.4 Å². The number of hydrogen-bond acceptors (Lipinski definition) is 6. The van der Waals surface area contributed by atoms with Crippen LogP contribution in [0, 0.1) is 25.7 Å². The molecule has 3 aliphatic carbocycles. The third-order valence-electron chi connectivity index (χ3n) is 14.2. The van der Waals surface area contributed by atoms with Crippen molar-refractivity contribution < 1.29 is 25.3 Å². The first-order valence-corrected chi connectivity index (χ1v) is 28.7. The van der Waals surface area contributed by atoms with E-state index in [-0.39, 0.29) is 25.5 Å². The zero-order valence-corrected chi connectivity index (χ0v) is 44.3. The molecule has 4 aromatic rings. The highest BCUT2D eigenvalue weighted by atomic mass is 32.2. The lowest BCUT2D eigenvalue weighted by Gasteiger charge is -2.27. The molecular formula is C52H79N5O6S3. The van der Waals surface area contributed by atoms with Crippen molar-refractivity contribution in [2.45, 2.75) is 210 Å². The van der Waals surface area contributed by atoms with Gasteiger partial charge in [-0.2, -0.15) is 0 Å². The Morgan fingerprint density at radius 1 is 0.591 bits per heavy atom. The van der Waals surface area contributed by atoms with Gasteiger partial charge in [0.05, 0.1) is 4.90 Å². The lowest BCUT2D eigenvalue weighted by Crippen LogP contribution is -2.41. The van der Waals surface area contributed by atoms with E-state index < -0.39 is 41.0 Å². The van der Waals surface area contributed by atoms with Crippen LogP contribution < -0.4 is 15.0 Å². The minimum absolute atomic E-state index is 0.0224. The van der Waals surface area contributed by atoms with Crippen LogP contribution in [0.2, 0.25) is 0 Å². The molecule has 0 unspecified atom stereocenters. The zero-order valence-electron chi connectivity index (χ0n) is 41.9. The number of sulfonamides is 3. The van der Waals surface area contributed by atoms with Gasteiger partial charge in [-0.05, 0) is 165 Å². The second kappa shape index (κ2) is 18.9. The van der Waals surface area contributed by atoms with Crippen molar-refractivity contribution in [3.8, 4) is 22.5 Å². The van der Waals surface area contributed by atoms with Gasteiger partial charge in [0.2, 0.25) is 30.1 Å². The Morgan fingerprint density at radius 3 is 1.44 bits per heavy atom. The summed E-state index contributed by atoms with van der Waals surface area (Å²) in [5, 5.41) is 11.2. The molecule has 0 aliphatic heterocycles. The first kappa shape index (κ1) is 52.1. The fourth-order valence-electron chi connectivity index (χ4n) is 10.0. The molecule has 0 amide bonds. The summed E-state index contributed by atoms with van der Waals surface area (Å²) in [5.41, 5.74) is 7.54. The highest BCUT2D eigenvalue weighted by molar-refractivity contribution is 7.90. The molecule has 0 radical (unpaired) electrons. The van der Waals surface area contributed by atoms with E-state index in [1.54, 1.807) is 25.1 Å². The lowest BCUT2D eigenvalue weighted by molar-refractivity contribution is 0.318. The van der Waals surface area contributed by atoms with Gasteiger partial charge < -0.3 is 9.13 Å². The normalized spacial score (nSPS) is 18.0. The third-order valence-corrected chi connectivity index (χ3v) is 18.1. The number of aromatic nitrogens is 2. The largest absolute Gasteiger partial charge is 0.343 e. The maximum Gasteiger partial charge on any atom is 0.241 e. The molecule has 5 N–H and O–H groups in total. The molecule has 366 valence electrons. The van der Waals surface area contributed by atoms with Crippen LogP contribution in [0.1, 0.15) is 174 Å². The monoisotopic (exact) mass is 966 g/mol. The van der Waals surface area contributed by atoms with Crippen LogP contribution in [-0.4, -0.2) is 39.9 Å². The van der Waals surface area contributed by atoms with Crippen LogP contribution in [0.3, 0.4) is 0 Å².